The number of hydrogen-bond donors (Lipinski definition) is 0. The molecular weight excluding hydrogens is 307 g/mol. The molecule has 0 heterocycles. The van der Waals surface area contributed by atoms with E-state index in [1.54, 1.807) is 0 Å². The maximum Gasteiger partial charge on any atom is 0 e. The first-order valence-electron chi connectivity index (χ1n) is 0. The van der Waals surface area contributed by atoms with E-state index < -0.39 is 0 Å². The van der Waals surface area contributed by atoms with Crippen molar-refractivity contribution in [3.63, 3.8) is 0 Å². The molecule has 5 heavy (non-hydrogen) atoms. The summed E-state index contributed by atoms with van der Waals surface area (Å²) in [5, 5.41) is 0. The maximum absolute atomic E-state index is 0. The third-order valence-corrected chi connectivity index (χ3v) is 0. The van der Waals surface area contributed by atoms with Crippen molar-refractivity contribution in [2.24, 2.45) is 0 Å². The summed E-state index contributed by atoms with van der Waals surface area (Å²) in [6.07, 6.45) is 0. The molecule has 0 N–H and O–H groups in total. The van der Waals surface area contributed by atoms with Gasteiger partial charge in [-0.2, -0.15) is 0 Å². The van der Waals surface area contributed by atoms with E-state index in [-0.39, 0.29) is 93.6 Å². The Morgan fingerprint density at radius 1 is 1.00 bits per heavy atom. The van der Waals surface area contributed by atoms with Crippen molar-refractivity contribution in [1.82, 2.24) is 0 Å². The van der Waals surface area contributed by atoms with Crippen LogP contribution in [0.25, 0.3) is 0 Å². The predicted molar refractivity (Wildman–Crippen MR) is 24.9 cm³/mol. The van der Waals surface area contributed by atoms with Gasteiger partial charge in [-0.15, -0.1) is 0 Å². The number of hydrogen-bond acceptors (Lipinski definition) is 0. The summed E-state index contributed by atoms with van der Waals surface area (Å²) in [6.45, 7) is 0. The van der Waals surface area contributed by atoms with E-state index in [4.69, 9.17) is 0 Å². The molecule has 0 bridgehead atoms. The largest absolute Gasteiger partial charge is 0 e. The molecule has 0 rings (SSSR count). The molecule has 0 unspecified atom stereocenters. The molecule has 0 amide bonds. The van der Waals surface area contributed by atoms with E-state index >= 15 is 0 Å². The molecule has 0 aliphatic carbocycles. The van der Waals surface area contributed by atoms with E-state index in [0.29, 0.717) is 0 Å². The van der Waals surface area contributed by atoms with Crippen molar-refractivity contribution >= 4 is 76.5 Å². The summed E-state index contributed by atoms with van der Waals surface area (Å²) in [5.41, 5.74) is 0. The summed E-state index contributed by atoms with van der Waals surface area (Å²) in [4.78, 5) is 0. The predicted octanol–water partition coefficient (Wildman–Crippen LogP) is -0.497. The van der Waals surface area contributed by atoms with Gasteiger partial charge in [-0.05, 0) is 0 Å². The van der Waals surface area contributed by atoms with Crippen molar-refractivity contribution in [1.29, 1.82) is 0 Å². The second-order valence-corrected chi connectivity index (χ2v) is 0. The Balaban J connectivity index is 0. The van der Waals surface area contributed by atoms with Gasteiger partial charge in [0.15, 0.2) is 0 Å². The topological polar surface area (TPSA) is 0 Å². The molecule has 0 aromatic heterocycles. The van der Waals surface area contributed by atoms with Crippen LogP contribution < -0.4 is 0 Å². The Morgan fingerprint density at radius 2 is 1.00 bits per heavy atom. The summed E-state index contributed by atoms with van der Waals surface area (Å²) >= 11 is 0. The van der Waals surface area contributed by atoms with Crippen LogP contribution in [0.4, 0.5) is 0 Å². The van der Waals surface area contributed by atoms with Crippen LogP contribution in [0, 0.1) is 0 Å². The van der Waals surface area contributed by atoms with Crippen LogP contribution in [-0.2, 0) is 17.1 Å². The third kappa shape index (κ3) is 19.7. The fraction of sp³-hybridized carbons (Fsp3) is 0. The van der Waals surface area contributed by atoms with Crippen LogP contribution in [0.3, 0.4) is 0 Å². The van der Waals surface area contributed by atoms with E-state index in [9.17, 15) is 0 Å². The summed E-state index contributed by atoms with van der Waals surface area (Å²) in [5.74, 6) is 0. The molecular formula is AlCuGaInS. The second-order valence-electron chi connectivity index (χ2n) is 0. The van der Waals surface area contributed by atoms with Gasteiger partial charge in [0, 0.05) is 93.6 Å². The molecule has 0 aromatic carbocycles. The molecule has 0 saturated carbocycles. The van der Waals surface area contributed by atoms with Gasteiger partial charge < -0.3 is 0 Å². The van der Waals surface area contributed by atoms with Crippen LogP contribution in [0.1, 0.15) is 0 Å². The van der Waals surface area contributed by atoms with Crippen LogP contribution in [0.2, 0.25) is 0 Å². The molecule has 0 saturated heterocycles. The maximum atomic E-state index is 0. The molecule has 0 atom stereocenters. The van der Waals surface area contributed by atoms with Gasteiger partial charge >= 0.3 is 0 Å². The van der Waals surface area contributed by atoms with Gasteiger partial charge in [-0.3, -0.25) is 0 Å². The van der Waals surface area contributed by atoms with Crippen LogP contribution in [-0.4, -0.2) is 63.0 Å². The quantitative estimate of drug-likeness (QED) is 0.530. The van der Waals surface area contributed by atoms with Gasteiger partial charge in [0.1, 0.15) is 0 Å². The Morgan fingerprint density at radius 3 is 1.00 bits per heavy atom. The molecule has 0 fully saturated rings. The third-order valence-electron chi connectivity index (χ3n) is 0. The average Bonchev–Trinajstić information content (AvgIpc) is 0. The summed E-state index contributed by atoms with van der Waals surface area (Å²) in [7, 11) is 0. The number of rotatable bonds is 0. The van der Waals surface area contributed by atoms with Gasteiger partial charge in [-0.25, -0.2) is 0 Å². The molecule has 0 nitrogen and oxygen atoms in total. The average molecular weight is 307 g/mol. The molecule has 5 heteroatoms. The first-order chi connectivity index (χ1) is 0. The standard InChI is InChI=1S/Al.Cu.Ga.In.S. The summed E-state index contributed by atoms with van der Waals surface area (Å²) in [6, 6.07) is 0. The Bertz CT molecular complexity index is 11.6. The fourth-order valence-electron chi connectivity index (χ4n) is 0. The first kappa shape index (κ1) is 44.6. The van der Waals surface area contributed by atoms with Gasteiger partial charge in [0.05, 0.1) is 0 Å². The van der Waals surface area contributed by atoms with E-state index in [1.165, 1.54) is 0 Å². The Hall–Kier alpha value is 2.91. The van der Waals surface area contributed by atoms with E-state index in [0.717, 1.165) is 0 Å². The molecule has 12 radical (unpaired) electrons. The molecule has 0 spiro atoms. The van der Waals surface area contributed by atoms with Gasteiger partial charge in [0.2, 0.25) is 0 Å². The molecule has 0 aliphatic heterocycles. The molecule has 26 valence electrons. The molecule has 0 aromatic rings. The SMILES string of the molecule is [Al].[Cu].[Ga].[In].[S]. The van der Waals surface area contributed by atoms with Gasteiger partial charge in [0.25, 0.3) is 0 Å². The van der Waals surface area contributed by atoms with E-state index in [2.05, 4.69) is 0 Å². The smallest absolute Gasteiger partial charge is 0 e. The summed E-state index contributed by atoms with van der Waals surface area (Å²) < 4.78 is 0. The van der Waals surface area contributed by atoms with Crippen LogP contribution in [0.15, 0.2) is 0 Å². The normalized spacial score (nSPS) is 0. The van der Waals surface area contributed by atoms with Crippen molar-refractivity contribution < 1.29 is 17.1 Å². The minimum absolute atomic E-state index is 0. The van der Waals surface area contributed by atoms with Crippen molar-refractivity contribution in [2.45, 2.75) is 0 Å². The minimum Gasteiger partial charge on any atom is 0 e. The second kappa shape index (κ2) is 28.5. The van der Waals surface area contributed by atoms with Crippen molar-refractivity contribution in [3.05, 3.63) is 0 Å². The Labute approximate surface area is 92.1 Å². The zero-order valence-electron chi connectivity index (χ0n) is 2.44. The van der Waals surface area contributed by atoms with Crippen molar-refractivity contribution in [3.8, 4) is 0 Å². The van der Waals surface area contributed by atoms with Gasteiger partial charge in [-0.1, -0.05) is 0 Å². The van der Waals surface area contributed by atoms with Crippen LogP contribution in [0.5, 0.6) is 0 Å². The zero-order chi connectivity index (χ0) is 0. The molecule has 0 aliphatic rings. The Kier molecular flexibility index (Phi) is 254. The van der Waals surface area contributed by atoms with Crippen molar-refractivity contribution in [2.75, 3.05) is 0 Å². The monoisotopic (exact) mass is 306 g/mol. The van der Waals surface area contributed by atoms with E-state index in [1.807, 2.05) is 0 Å². The zero-order valence-corrected chi connectivity index (χ0v) is 11.1. The first-order valence-corrected chi connectivity index (χ1v) is 0. The fourth-order valence-corrected chi connectivity index (χ4v) is 0. The van der Waals surface area contributed by atoms with Crippen LogP contribution >= 0.6 is 13.5 Å². The minimum atomic E-state index is 0.